The molecule has 22 heavy (non-hydrogen) atoms. The molecule has 4 nitrogen and oxygen atoms in total. The van der Waals surface area contributed by atoms with E-state index in [9.17, 15) is 9.90 Å². The number of phenols is 1. The molecule has 0 radical (unpaired) electrons. The molecule has 2 amide bonds. The number of amides is 2. The van der Waals surface area contributed by atoms with Crippen molar-refractivity contribution in [1.82, 2.24) is 5.32 Å². The van der Waals surface area contributed by atoms with Crippen molar-refractivity contribution >= 4 is 11.7 Å². The van der Waals surface area contributed by atoms with Crippen molar-refractivity contribution in [2.75, 3.05) is 5.32 Å². The lowest BCUT2D eigenvalue weighted by atomic mass is 9.54. The van der Waals surface area contributed by atoms with Crippen LogP contribution in [0.4, 0.5) is 10.5 Å². The molecular weight excluding hydrogens is 276 g/mol. The average molecular weight is 300 g/mol. The van der Waals surface area contributed by atoms with Crippen LogP contribution in [0.3, 0.4) is 0 Å². The molecule has 118 valence electrons. The Bertz CT molecular complexity index is 571. The normalized spacial score (nSPS) is 35.4. The van der Waals surface area contributed by atoms with E-state index in [0.29, 0.717) is 17.9 Å². The molecule has 1 aromatic carbocycles. The highest BCUT2D eigenvalue weighted by molar-refractivity contribution is 5.90. The Balaban J connectivity index is 1.42. The summed E-state index contributed by atoms with van der Waals surface area (Å²) < 4.78 is 0. The van der Waals surface area contributed by atoms with Crippen LogP contribution in [0.25, 0.3) is 0 Å². The summed E-state index contributed by atoms with van der Waals surface area (Å²) in [6, 6.07) is 5.27. The molecule has 4 heteroatoms. The van der Waals surface area contributed by atoms with Gasteiger partial charge in [-0.15, -0.1) is 0 Å². The van der Waals surface area contributed by atoms with Gasteiger partial charge < -0.3 is 15.7 Å². The van der Waals surface area contributed by atoms with Gasteiger partial charge in [0.15, 0.2) is 0 Å². The Hall–Kier alpha value is -1.71. The zero-order chi connectivity index (χ0) is 15.3. The summed E-state index contributed by atoms with van der Waals surface area (Å²) >= 11 is 0. The molecule has 0 spiro atoms. The molecule has 0 unspecified atom stereocenters. The maximum Gasteiger partial charge on any atom is 0.319 e. The minimum absolute atomic E-state index is 0.105. The van der Waals surface area contributed by atoms with Gasteiger partial charge in [0.2, 0.25) is 0 Å². The molecule has 0 aliphatic heterocycles. The minimum Gasteiger partial charge on any atom is -0.508 e. The molecule has 0 heterocycles. The Morgan fingerprint density at radius 1 is 1.09 bits per heavy atom. The average Bonchev–Trinajstić information content (AvgIpc) is 2.45. The van der Waals surface area contributed by atoms with Crippen LogP contribution in [0.2, 0.25) is 0 Å². The fraction of sp³-hybridized carbons (Fsp3) is 0.611. The predicted octanol–water partition coefficient (Wildman–Crippen LogP) is 3.65. The van der Waals surface area contributed by atoms with Crippen LogP contribution in [0.15, 0.2) is 18.2 Å². The van der Waals surface area contributed by atoms with Crippen LogP contribution >= 0.6 is 0 Å². The van der Waals surface area contributed by atoms with Crippen molar-refractivity contribution in [3.8, 4) is 5.75 Å². The molecule has 3 N–H and O–H groups in total. The maximum atomic E-state index is 12.4. The van der Waals surface area contributed by atoms with E-state index in [-0.39, 0.29) is 11.8 Å². The topological polar surface area (TPSA) is 61.4 Å². The number of aromatic hydroxyl groups is 1. The molecule has 1 aromatic rings. The number of nitrogens with one attached hydrogen (secondary N) is 2. The summed E-state index contributed by atoms with van der Waals surface area (Å²) in [6.45, 7) is 1.89. The summed E-state index contributed by atoms with van der Waals surface area (Å²) in [5.74, 6) is 3.43. The molecule has 4 bridgehead atoms. The Morgan fingerprint density at radius 3 is 2.32 bits per heavy atom. The molecule has 0 aromatic heterocycles. The molecule has 0 atom stereocenters. The standard InChI is InChI=1S/C18H24N2O2/c1-10-4-15(21)2-3-16(10)19-18(22)20-17-13-6-11-5-12(8-13)9-14(17)7-11/h2-4,11-14,17,21H,5-9H2,1H3,(H2,19,20,22). The van der Waals surface area contributed by atoms with E-state index in [4.69, 9.17) is 0 Å². The van der Waals surface area contributed by atoms with Crippen molar-refractivity contribution in [3.63, 3.8) is 0 Å². The highest BCUT2D eigenvalue weighted by Gasteiger charge is 2.48. The van der Waals surface area contributed by atoms with Crippen LogP contribution in [-0.4, -0.2) is 17.2 Å². The Morgan fingerprint density at radius 2 is 1.73 bits per heavy atom. The van der Waals surface area contributed by atoms with Gasteiger partial charge in [0, 0.05) is 11.7 Å². The molecule has 0 saturated heterocycles. The van der Waals surface area contributed by atoms with E-state index in [2.05, 4.69) is 10.6 Å². The van der Waals surface area contributed by atoms with Crippen LogP contribution in [-0.2, 0) is 0 Å². The maximum absolute atomic E-state index is 12.4. The first-order chi connectivity index (χ1) is 10.6. The van der Waals surface area contributed by atoms with Crippen molar-refractivity contribution < 1.29 is 9.90 Å². The zero-order valence-electron chi connectivity index (χ0n) is 13.0. The lowest BCUT2D eigenvalue weighted by molar-refractivity contribution is -0.00883. The van der Waals surface area contributed by atoms with Gasteiger partial charge in [-0.05, 0) is 86.5 Å². The number of anilines is 1. The number of carbonyl (C=O) groups excluding carboxylic acids is 1. The third-order valence-corrected chi connectivity index (χ3v) is 5.98. The molecule has 4 fully saturated rings. The lowest BCUT2D eigenvalue weighted by Crippen LogP contribution is -2.56. The summed E-state index contributed by atoms with van der Waals surface area (Å²) in [7, 11) is 0. The van der Waals surface area contributed by atoms with Gasteiger partial charge in [-0.25, -0.2) is 4.79 Å². The number of rotatable bonds is 2. The highest BCUT2D eigenvalue weighted by atomic mass is 16.3. The van der Waals surface area contributed by atoms with Crippen molar-refractivity contribution in [2.24, 2.45) is 23.7 Å². The van der Waals surface area contributed by atoms with Gasteiger partial charge in [-0.3, -0.25) is 0 Å². The summed E-state index contributed by atoms with van der Waals surface area (Å²) in [5, 5.41) is 15.6. The van der Waals surface area contributed by atoms with Gasteiger partial charge in [-0.1, -0.05) is 0 Å². The second-order valence-electron chi connectivity index (χ2n) is 7.55. The number of hydrogen-bond acceptors (Lipinski definition) is 2. The fourth-order valence-electron chi connectivity index (χ4n) is 5.26. The van der Waals surface area contributed by atoms with Crippen molar-refractivity contribution in [3.05, 3.63) is 23.8 Å². The van der Waals surface area contributed by atoms with E-state index >= 15 is 0 Å². The quantitative estimate of drug-likeness (QED) is 0.730. The third kappa shape index (κ3) is 2.44. The monoisotopic (exact) mass is 300 g/mol. The number of carbonyl (C=O) groups is 1. The first-order valence-electron chi connectivity index (χ1n) is 8.45. The van der Waals surface area contributed by atoms with Crippen LogP contribution < -0.4 is 10.6 Å². The van der Waals surface area contributed by atoms with Crippen LogP contribution in [0, 0.1) is 30.6 Å². The van der Waals surface area contributed by atoms with E-state index < -0.39 is 0 Å². The molecule has 4 aliphatic rings. The second-order valence-corrected chi connectivity index (χ2v) is 7.55. The van der Waals surface area contributed by atoms with E-state index in [1.54, 1.807) is 18.2 Å². The third-order valence-electron chi connectivity index (χ3n) is 5.98. The first kappa shape index (κ1) is 13.9. The smallest absolute Gasteiger partial charge is 0.319 e. The largest absolute Gasteiger partial charge is 0.508 e. The number of urea groups is 1. The zero-order valence-corrected chi connectivity index (χ0v) is 13.0. The molecule has 4 saturated carbocycles. The summed E-state index contributed by atoms with van der Waals surface area (Å²) in [5.41, 5.74) is 1.64. The lowest BCUT2D eigenvalue weighted by Gasteiger charge is -2.54. The van der Waals surface area contributed by atoms with E-state index in [1.807, 2.05) is 6.92 Å². The van der Waals surface area contributed by atoms with E-state index in [1.165, 1.54) is 32.1 Å². The SMILES string of the molecule is Cc1cc(O)ccc1NC(=O)NC1C2CC3CC(C2)CC1C3. The van der Waals surface area contributed by atoms with Crippen LogP contribution in [0.1, 0.15) is 37.7 Å². The Labute approximate surface area is 131 Å². The number of aryl methyl sites for hydroxylation is 1. The van der Waals surface area contributed by atoms with Crippen LogP contribution in [0.5, 0.6) is 5.75 Å². The van der Waals surface area contributed by atoms with Crippen molar-refractivity contribution in [1.29, 1.82) is 0 Å². The summed E-state index contributed by atoms with van der Waals surface area (Å²) in [6.07, 6.45) is 6.64. The van der Waals surface area contributed by atoms with Gasteiger partial charge in [0.25, 0.3) is 0 Å². The predicted molar refractivity (Wildman–Crippen MR) is 85.8 cm³/mol. The fourth-order valence-corrected chi connectivity index (χ4v) is 5.26. The van der Waals surface area contributed by atoms with Crippen molar-refractivity contribution in [2.45, 2.75) is 45.1 Å². The second kappa shape index (κ2) is 5.18. The number of hydrogen-bond donors (Lipinski definition) is 3. The number of benzene rings is 1. The van der Waals surface area contributed by atoms with Gasteiger partial charge in [0.1, 0.15) is 5.75 Å². The Kier molecular flexibility index (Phi) is 3.28. The van der Waals surface area contributed by atoms with Gasteiger partial charge in [-0.2, -0.15) is 0 Å². The highest BCUT2D eigenvalue weighted by Crippen LogP contribution is 2.53. The first-order valence-corrected chi connectivity index (χ1v) is 8.45. The summed E-state index contributed by atoms with van der Waals surface area (Å²) in [4.78, 5) is 12.4. The van der Waals surface area contributed by atoms with E-state index in [0.717, 1.165) is 23.1 Å². The number of phenolic OH excluding ortho intramolecular Hbond substituents is 1. The molecular formula is C18H24N2O2. The van der Waals surface area contributed by atoms with Gasteiger partial charge in [0.05, 0.1) is 0 Å². The minimum atomic E-state index is -0.105. The molecule has 5 rings (SSSR count). The molecule has 4 aliphatic carbocycles. The van der Waals surface area contributed by atoms with Gasteiger partial charge >= 0.3 is 6.03 Å².